The van der Waals surface area contributed by atoms with Gasteiger partial charge in [-0.15, -0.1) is 11.3 Å². The summed E-state index contributed by atoms with van der Waals surface area (Å²) in [5.41, 5.74) is 0.538. The first-order valence-corrected chi connectivity index (χ1v) is 5.68. The lowest BCUT2D eigenvalue weighted by Gasteiger charge is -2.15. The molecule has 2 N–H and O–H groups in total. The zero-order valence-corrected chi connectivity index (χ0v) is 10.6. The summed E-state index contributed by atoms with van der Waals surface area (Å²) < 4.78 is 0. The molecule has 0 aliphatic rings. The highest BCUT2D eigenvalue weighted by Gasteiger charge is 2.22. The third-order valence-corrected chi connectivity index (χ3v) is 2.68. The molecule has 1 aromatic heterocycles. The summed E-state index contributed by atoms with van der Waals surface area (Å²) in [5, 5.41) is 16.6. The molecule has 0 saturated heterocycles. The molecule has 0 spiro atoms. The van der Waals surface area contributed by atoms with Gasteiger partial charge in [-0.25, -0.2) is 4.98 Å². The molecular weight excluding hydrogens is 226 g/mol. The molecule has 88 valence electrons. The fourth-order valence-electron chi connectivity index (χ4n) is 0.833. The van der Waals surface area contributed by atoms with Gasteiger partial charge in [-0.05, 0) is 6.92 Å². The van der Waals surface area contributed by atoms with Crippen LogP contribution in [0.15, 0.2) is 10.5 Å². The Bertz CT molecular complexity index is 418. The molecule has 0 fully saturated rings. The maximum absolute atomic E-state index is 11.7. The molecule has 0 aliphatic carbocycles. The van der Waals surface area contributed by atoms with Gasteiger partial charge in [-0.2, -0.15) is 0 Å². The fourth-order valence-corrected chi connectivity index (χ4v) is 1.58. The van der Waals surface area contributed by atoms with E-state index in [9.17, 15) is 4.79 Å². The second-order valence-electron chi connectivity index (χ2n) is 4.43. The number of hydrogen-bond donors (Lipinski definition) is 2. The number of nitrogens with zero attached hydrogens (tertiary/aromatic N) is 2. The van der Waals surface area contributed by atoms with E-state index in [2.05, 4.69) is 15.5 Å². The van der Waals surface area contributed by atoms with E-state index in [1.165, 1.54) is 11.3 Å². The van der Waals surface area contributed by atoms with Gasteiger partial charge in [0.1, 0.15) is 11.4 Å². The van der Waals surface area contributed by atoms with Crippen molar-refractivity contribution in [1.82, 2.24) is 4.98 Å². The second-order valence-corrected chi connectivity index (χ2v) is 5.29. The van der Waals surface area contributed by atoms with Crippen LogP contribution in [-0.2, 0) is 4.79 Å². The molecule has 0 saturated carbocycles. The van der Waals surface area contributed by atoms with E-state index in [1.54, 1.807) is 12.3 Å². The largest absolute Gasteiger partial charge is 0.411 e. The predicted molar refractivity (Wildman–Crippen MR) is 64.2 cm³/mol. The van der Waals surface area contributed by atoms with Crippen molar-refractivity contribution in [3.8, 4) is 0 Å². The molecule has 1 amide bonds. The van der Waals surface area contributed by atoms with Crippen molar-refractivity contribution in [2.24, 2.45) is 10.6 Å². The van der Waals surface area contributed by atoms with Crippen LogP contribution in [0.2, 0.25) is 0 Å². The first-order chi connectivity index (χ1) is 7.34. The summed E-state index contributed by atoms with van der Waals surface area (Å²) in [4.78, 5) is 15.8. The van der Waals surface area contributed by atoms with Crippen molar-refractivity contribution in [2.45, 2.75) is 27.7 Å². The Morgan fingerprint density at radius 3 is 2.69 bits per heavy atom. The predicted octanol–water partition coefficient (Wildman–Crippen LogP) is 2.33. The van der Waals surface area contributed by atoms with E-state index in [0.29, 0.717) is 16.5 Å². The lowest BCUT2D eigenvalue weighted by Crippen LogP contribution is -2.27. The summed E-state index contributed by atoms with van der Waals surface area (Å²) in [6.45, 7) is 7.14. The number of amides is 1. The molecule has 5 nitrogen and oxygen atoms in total. The zero-order chi connectivity index (χ0) is 12.3. The first-order valence-electron chi connectivity index (χ1n) is 4.80. The van der Waals surface area contributed by atoms with Crippen LogP contribution in [0.4, 0.5) is 5.13 Å². The number of carbonyl (C=O) groups excluding carboxylic acids is 1. The normalized spacial score (nSPS) is 12.6. The Kier molecular flexibility index (Phi) is 3.64. The highest BCUT2D eigenvalue weighted by molar-refractivity contribution is 7.14. The van der Waals surface area contributed by atoms with Gasteiger partial charge < -0.3 is 10.5 Å². The van der Waals surface area contributed by atoms with E-state index in [4.69, 9.17) is 5.21 Å². The van der Waals surface area contributed by atoms with Gasteiger partial charge in [0, 0.05) is 10.8 Å². The van der Waals surface area contributed by atoms with Crippen molar-refractivity contribution in [1.29, 1.82) is 0 Å². The van der Waals surface area contributed by atoms with Gasteiger partial charge in [0.15, 0.2) is 5.13 Å². The van der Waals surface area contributed by atoms with Crippen LogP contribution in [0.25, 0.3) is 0 Å². The monoisotopic (exact) mass is 241 g/mol. The molecule has 0 aromatic carbocycles. The Morgan fingerprint density at radius 1 is 1.56 bits per heavy atom. The highest BCUT2D eigenvalue weighted by Crippen LogP contribution is 2.20. The summed E-state index contributed by atoms with van der Waals surface area (Å²) in [6.07, 6.45) is 0. The Labute approximate surface area is 98.2 Å². The molecule has 0 radical (unpaired) electrons. The molecule has 1 aromatic rings. The van der Waals surface area contributed by atoms with Crippen LogP contribution in [0, 0.1) is 5.41 Å². The standard InChI is InChI=1S/C10H15N3O2S/c1-6(13-15)7-5-16-9(11-7)12-8(14)10(2,3)4/h5,15H,1-4H3,(H,11,12,14). The summed E-state index contributed by atoms with van der Waals surface area (Å²) >= 11 is 1.30. The lowest BCUT2D eigenvalue weighted by molar-refractivity contribution is -0.123. The Morgan fingerprint density at radius 2 is 2.19 bits per heavy atom. The van der Waals surface area contributed by atoms with Crippen molar-refractivity contribution < 1.29 is 10.0 Å². The quantitative estimate of drug-likeness (QED) is 0.474. The minimum Gasteiger partial charge on any atom is -0.411 e. The molecule has 0 aliphatic heterocycles. The van der Waals surface area contributed by atoms with Crippen molar-refractivity contribution in [3.63, 3.8) is 0 Å². The molecule has 0 unspecified atom stereocenters. The molecule has 1 rings (SSSR count). The number of thiazole rings is 1. The first kappa shape index (κ1) is 12.6. The summed E-state index contributed by atoms with van der Waals surface area (Å²) in [7, 11) is 0. The maximum atomic E-state index is 11.7. The van der Waals surface area contributed by atoms with Crippen molar-refractivity contribution in [3.05, 3.63) is 11.1 Å². The topological polar surface area (TPSA) is 74.6 Å². The van der Waals surface area contributed by atoms with E-state index in [1.807, 2.05) is 20.8 Å². The van der Waals surface area contributed by atoms with Gasteiger partial charge in [0.25, 0.3) is 0 Å². The number of carbonyl (C=O) groups is 1. The van der Waals surface area contributed by atoms with E-state index in [-0.39, 0.29) is 5.91 Å². The van der Waals surface area contributed by atoms with Crippen LogP contribution in [0.5, 0.6) is 0 Å². The van der Waals surface area contributed by atoms with Crippen LogP contribution < -0.4 is 5.32 Å². The van der Waals surface area contributed by atoms with E-state index in [0.717, 1.165) is 0 Å². The molecule has 0 bridgehead atoms. The SMILES string of the molecule is CC(=NO)c1csc(NC(=O)C(C)(C)C)n1. The number of hydrogen-bond acceptors (Lipinski definition) is 5. The van der Waals surface area contributed by atoms with Crippen molar-refractivity contribution >= 4 is 28.1 Å². The highest BCUT2D eigenvalue weighted by atomic mass is 32.1. The summed E-state index contributed by atoms with van der Waals surface area (Å²) in [6, 6.07) is 0. The smallest absolute Gasteiger partial charge is 0.231 e. The number of oxime groups is 1. The van der Waals surface area contributed by atoms with E-state index < -0.39 is 5.41 Å². The molecule has 16 heavy (non-hydrogen) atoms. The lowest BCUT2D eigenvalue weighted by atomic mass is 9.96. The minimum absolute atomic E-state index is 0.0907. The number of aromatic nitrogens is 1. The Balaban J connectivity index is 2.77. The fraction of sp³-hybridized carbons (Fsp3) is 0.500. The minimum atomic E-state index is -0.452. The Hall–Kier alpha value is -1.43. The second kappa shape index (κ2) is 4.61. The van der Waals surface area contributed by atoms with E-state index >= 15 is 0 Å². The van der Waals surface area contributed by atoms with Gasteiger partial charge >= 0.3 is 0 Å². The van der Waals surface area contributed by atoms with Gasteiger partial charge in [0.05, 0.1) is 0 Å². The van der Waals surface area contributed by atoms with Gasteiger partial charge in [-0.1, -0.05) is 25.9 Å². The number of nitrogens with one attached hydrogen (secondary N) is 1. The average molecular weight is 241 g/mol. The maximum Gasteiger partial charge on any atom is 0.231 e. The van der Waals surface area contributed by atoms with Crippen LogP contribution >= 0.6 is 11.3 Å². The molecule has 6 heteroatoms. The molecular formula is C10H15N3O2S. The average Bonchev–Trinajstić information content (AvgIpc) is 2.63. The third kappa shape index (κ3) is 3.03. The number of anilines is 1. The van der Waals surface area contributed by atoms with Crippen molar-refractivity contribution in [2.75, 3.05) is 5.32 Å². The zero-order valence-electron chi connectivity index (χ0n) is 9.74. The molecule has 1 heterocycles. The van der Waals surface area contributed by atoms with Gasteiger partial charge in [0.2, 0.25) is 5.91 Å². The van der Waals surface area contributed by atoms with Gasteiger partial charge in [-0.3, -0.25) is 4.79 Å². The third-order valence-electron chi connectivity index (χ3n) is 1.93. The summed E-state index contributed by atoms with van der Waals surface area (Å²) in [5.74, 6) is -0.0907. The number of rotatable bonds is 2. The molecule has 0 atom stereocenters. The van der Waals surface area contributed by atoms with Crippen LogP contribution in [-0.4, -0.2) is 21.8 Å². The van der Waals surface area contributed by atoms with Crippen LogP contribution in [0.3, 0.4) is 0 Å². The van der Waals surface area contributed by atoms with Crippen LogP contribution in [0.1, 0.15) is 33.4 Å².